The second-order valence-corrected chi connectivity index (χ2v) is 5.10. The van der Waals surface area contributed by atoms with Crippen LogP contribution in [0.1, 0.15) is 6.42 Å². The average Bonchev–Trinajstić information content (AvgIpc) is 2.38. The van der Waals surface area contributed by atoms with Crippen LogP contribution < -0.4 is 11.1 Å². The van der Waals surface area contributed by atoms with Gasteiger partial charge in [0, 0.05) is 23.6 Å². The molecule has 0 aliphatic heterocycles. The molecular weight excluding hydrogens is 271 g/mol. The summed E-state index contributed by atoms with van der Waals surface area (Å²) in [4.78, 5) is 11.5. The van der Waals surface area contributed by atoms with Gasteiger partial charge in [-0.1, -0.05) is 0 Å². The van der Waals surface area contributed by atoms with E-state index in [0.717, 1.165) is 0 Å². The number of anilines is 2. The van der Waals surface area contributed by atoms with Crippen molar-refractivity contribution in [2.75, 3.05) is 29.2 Å². The molecule has 106 valence electrons. The highest BCUT2D eigenvalue weighted by molar-refractivity contribution is 7.99. The second kappa shape index (κ2) is 7.98. The molecule has 0 bridgehead atoms. The van der Waals surface area contributed by atoms with E-state index >= 15 is 0 Å². The molecule has 1 atom stereocenters. The topological polar surface area (TPSA) is 95.6 Å². The van der Waals surface area contributed by atoms with Gasteiger partial charge in [0.1, 0.15) is 5.82 Å². The van der Waals surface area contributed by atoms with Gasteiger partial charge in [0.15, 0.2) is 0 Å². The van der Waals surface area contributed by atoms with Gasteiger partial charge in [-0.05, 0) is 18.2 Å². The average molecular weight is 288 g/mol. The van der Waals surface area contributed by atoms with Gasteiger partial charge in [-0.15, -0.1) is 0 Å². The van der Waals surface area contributed by atoms with Crippen molar-refractivity contribution in [1.82, 2.24) is 0 Å². The number of hydrogen-bond donors (Lipinski definition) is 4. The van der Waals surface area contributed by atoms with Gasteiger partial charge in [-0.2, -0.15) is 11.8 Å². The third-order valence-corrected chi connectivity index (χ3v) is 3.37. The van der Waals surface area contributed by atoms with Gasteiger partial charge >= 0.3 is 0 Å². The van der Waals surface area contributed by atoms with E-state index in [9.17, 15) is 9.18 Å². The minimum absolute atomic E-state index is 0.0605. The Hall–Kier alpha value is -1.31. The first-order chi connectivity index (χ1) is 9.02. The molecule has 5 N–H and O–H groups in total. The lowest BCUT2D eigenvalue weighted by Crippen LogP contribution is -2.17. The highest BCUT2D eigenvalue weighted by Gasteiger charge is 2.08. The molecule has 5 nitrogen and oxygen atoms in total. The molecule has 0 heterocycles. The fourth-order valence-electron chi connectivity index (χ4n) is 1.29. The van der Waals surface area contributed by atoms with Crippen molar-refractivity contribution >= 4 is 29.0 Å². The van der Waals surface area contributed by atoms with E-state index in [1.165, 1.54) is 30.0 Å². The molecule has 0 aromatic heterocycles. The van der Waals surface area contributed by atoms with Gasteiger partial charge < -0.3 is 21.3 Å². The number of nitrogens with one attached hydrogen (secondary N) is 1. The van der Waals surface area contributed by atoms with Crippen molar-refractivity contribution in [3.63, 3.8) is 0 Å². The monoisotopic (exact) mass is 288 g/mol. The summed E-state index contributed by atoms with van der Waals surface area (Å²) < 4.78 is 13.3. The van der Waals surface area contributed by atoms with Crippen molar-refractivity contribution in [3.05, 3.63) is 24.0 Å². The lowest BCUT2D eigenvalue weighted by molar-refractivity contribution is -0.115. The van der Waals surface area contributed by atoms with Gasteiger partial charge in [0.05, 0.1) is 18.4 Å². The number of benzene rings is 1. The molecular formula is C12H17FN2O3S. The van der Waals surface area contributed by atoms with Crippen molar-refractivity contribution in [1.29, 1.82) is 0 Å². The number of carbonyl (C=O) groups excluding carboxylic acids is 1. The lowest BCUT2D eigenvalue weighted by atomic mass is 10.2. The van der Waals surface area contributed by atoms with Crippen LogP contribution in [0.4, 0.5) is 15.8 Å². The van der Waals surface area contributed by atoms with Crippen molar-refractivity contribution in [2.24, 2.45) is 0 Å². The quantitative estimate of drug-likeness (QED) is 0.440. The van der Waals surface area contributed by atoms with E-state index in [-0.39, 0.29) is 24.6 Å². The lowest BCUT2D eigenvalue weighted by Gasteiger charge is -2.08. The van der Waals surface area contributed by atoms with Crippen LogP contribution in [0.15, 0.2) is 18.2 Å². The van der Waals surface area contributed by atoms with Crippen LogP contribution >= 0.6 is 11.8 Å². The molecule has 0 saturated heterocycles. The smallest absolute Gasteiger partial charge is 0.225 e. The second-order valence-electron chi connectivity index (χ2n) is 3.95. The summed E-state index contributed by atoms with van der Waals surface area (Å²) in [7, 11) is 0. The first kappa shape index (κ1) is 15.7. The van der Waals surface area contributed by atoms with Gasteiger partial charge in [0.25, 0.3) is 0 Å². The molecule has 1 rings (SSSR count). The predicted octanol–water partition coefficient (Wildman–Crippen LogP) is 0.823. The van der Waals surface area contributed by atoms with E-state index in [1.807, 2.05) is 0 Å². The first-order valence-electron chi connectivity index (χ1n) is 5.74. The number of aliphatic hydroxyl groups is 2. The molecule has 19 heavy (non-hydrogen) atoms. The van der Waals surface area contributed by atoms with E-state index in [0.29, 0.717) is 17.2 Å². The summed E-state index contributed by atoms with van der Waals surface area (Å²) in [5.41, 5.74) is 5.93. The molecule has 1 aromatic carbocycles. The number of amides is 1. The van der Waals surface area contributed by atoms with E-state index < -0.39 is 11.9 Å². The number of hydrogen-bond acceptors (Lipinski definition) is 5. The molecule has 1 amide bonds. The Labute approximate surface area is 115 Å². The summed E-state index contributed by atoms with van der Waals surface area (Å²) in [5.74, 6) is -0.0233. The number of rotatable bonds is 7. The maximum Gasteiger partial charge on any atom is 0.225 e. The molecule has 1 aromatic rings. The van der Waals surface area contributed by atoms with Crippen LogP contribution in [0.25, 0.3) is 0 Å². The summed E-state index contributed by atoms with van der Waals surface area (Å²) in [6, 6.07) is 3.96. The van der Waals surface area contributed by atoms with Crippen LogP contribution in [0, 0.1) is 5.82 Å². The van der Waals surface area contributed by atoms with Gasteiger partial charge in [-0.25, -0.2) is 4.39 Å². The van der Waals surface area contributed by atoms with Gasteiger partial charge in [-0.3, -0.25) is 4.79 Å². The van der Waals surface area contributed by atoms with Crippen LogP contribution in [-0.2, 0) is 4.79 Å². The fraction of sp³-hybridized carbons (Fsp3) is 0.417. The normalized spacial score (nSPS) is 12.2. The van der Waals surface area contributed by atoms with E-state index in [2.05, 4.69) is 5.32 Å². The van der Waals surface area contributed by atoms with Crippen molar-refractivity contribution in [2.45, 2.75) is 12.5 Å². The molecule has 0 spiro atoms. The van der Waals surface area contributed by atoms with Crippen molar-refractivity contribution < 1.29 is 19.4 Å². The van der Waals surface area contributed by atoms with Crippen LogP contribution in [-0.4, -0.2) is 40.3 Å². The number of carbonyl (C=O) groups is 1. The Morgan fingerprint density at radius 3 is 2.95 bits per heavy atom. The molecule has 0 saturated carbocycles. The Morgan fingerprint density at radius 1 is 1.53 bits per heavy atom. The zero-order chi connectivity index (χ0) is 14.3. The first-order valence-corrected chi connectivity index (χ1v) is 6.90. The maximum absolute atomic E-state index is 13.3. The van der Waals surface area contributed by atoms with Crippen LogP contribution in [0.2, 0.25) is 0 Å². The Morgan fingerprint density at radius 2 is 2.26 bits per heavy atom. The van der Waals surface area contributed by atoms with Crippen molar-refractivity contribution in [3.8, 4) is 0 Å². The Bertz CT molecular complexity index is 431. The maximum atomic E-state index is 13.3. The number of halogens is 1. The summed E-state index contributed by atoms with van der Waals surface area (Å²) >= 11 is 1.34. The Kier molecular flexibility index (Phi) is 6.61. The number of nitrogen functional groups attached to an aromatic ring is 1. The Balaban J connectivity index is 2.33. The van der Waals surface area contributed by atoms with Gasteiger partial charge in [0.2, 0.25) is 5.91 Å². The highest BCUT2D eigenvalue weighted by Crippen LogP contribution is 2.17. The molecule has 7 heteroatoms. The third-order valence-electron chi connectivity index (χ3n) is 2.26. The van der Waals surface area contributed by atoms with Crippen LogP contribution in [0.5, 0.6) is 0 Å². The number of thioether (sulfide) groups is 1. The third kappa shape index (κ3) is 5.91. The molecule has 1 unspecified atom stereocenters. The van der Waals surface area contributed by atoms with Crippen LogP contribution in [0.3, 0.4) is 0 Å². The zero-order valence-electron chi connectivity index (χ0n) is 10.3. The SMILES string of the molecule is Nc1ccc(F)c(NC(=O)CCSCC(O)CO)c1. The summed E-state index contributed by atoms with van der Waals surface area (Å²) in [6.07, 6.45) is -0.587. The largest absolute Gasteiger partial charge is 0.399 e. The number of nitrogens with two attached hydrogens (primary N) is 1. The fourth-order valence-corrected chi connectivity index (χ4v) is 2.16. The summed E-state index contributed by atoms with van der Waals surface area (Å²) in [5, 5.41) is 20.1. The van der Waals surface area contributed by atoms with E-state index in [4.69, 9.17) is 15.9 Å². The zero-order valence-corrected chi connectivity index (χ0v) is 11.1. The minimum Gasteiger partial charge on any atom is -0.399 e. The highest BCUT2D eigenvalue weighted by atomic mass is 32.2. The summed E-state index contributed by atoms with van der Waals surface area (Å²) in [6.45, 7) is -0.298. The minimum atomic E-state index is -0.778. The van der Waals surface area contributed by atoms with E-state index in [1.54, 1.807) is 0 Å². The molecule has 0 aliphatic carbocycles. The molecule has 0 radical (unpaired) electrons. The predicted molar refractivity (Wildman–Crippen MR) is 74.5 cm³/mol. The molecule has 0 fully saturated rings. The standard InChI is InChI=1S/C12H17FN2O3S/c13-10-2-1-8(14)5-11(10)15-12(18)3-4-19-7-9(17)6-16/h1-2,5,9,16-17H,3-4,6-7,14H2,(H,15,18). The number of aliphatic hydroxyl groups excluding tert-OH is 2. The molecule has 0 aliphatic rings.